The molecule has 3 heterocycles. The number of nitrogens with zero attached hydrogens (tertiary/aromatic N) is 5. The Labute approximate surface area is 191 Å². The lowest BCUT2D eigenvalue weighted by Gasteiger charge is -2.13. The standard InChI is InChI=1S/C24H26N6OS/c1-5-16-7-9-17(10-8-16)22-27-18(15-32-22)13-21(31)28-20-14-19(24(2,3)4)29-30(20)23-25-11-6-12-26-23/h6-12,14-15H,5,13H2,1-4H3,(H,28,31). The smallest absolute Gasteiger partial charge is 0.252 e. The summed E-state index contributed by atoms with van der Waals surface area (Å²) in [5, 5.41) is 10.4. The second-order valence-electron chi connectivity index (χ2n) is 8.54. The molecule has 0 radical (unpaired) electrons. The van der Waals surface area contributed by atoms with Gasteiger partial charge >= 0.3 is 0 Å². The summed E-state index contributed by atoms with van der Waals surface area (Å²) in [6, 6.07) is 12.0. The lowest BCUT2D eigenvalue weighted by molar-refractivity contribution is -0.115. The highest BCUT2D eigenvalue weighted by Crippen LogP contribution is 2.26. The summed E-state index contributed by atoms with van der Waals surface area (Å²) in [5.41, 5.74) is 3.75. The quantitative estimate of drug-likeness (QED) is 0.459. The summed E-state index contributed by atoms with van der Waals surface area (Å²) >= 11 is 1.54. The van der Waals surface area contributed by atoms with Crippen LogP contribution in [-0.4, -0.2) is 30.6 Å². The van der Waals surface area contributed by atoms with Crippen LogP contribution in [0.4, 0.5) is 5.82 Å². The summed E-state index contributed by atoms with van der Waals surface area (Å²) in [6.07, 6.45) is 4.48. The Morgan fingerprint density at radius 3 is 2.50 bits per heavy atom. The fourth-order valence-corrected chi connectivity index (χ4v) is 3.97. The highest BCUT2D eigenvalue weighted by Gasteiger charge is 2.22. The highest BCUT2D eigenvalue weighted by molar-refractivity contribution is 7.13. The number of nitrogens with one attached hydrogen (secondary N) is 1. The molecule has 8 heteroatoms. The number of hydrogen-bond donors (Lipinski definition) is 1. The Bertz CT molecular complexity index is 1210. The molecule has 4 rings (SSSR count). The number of rotatable bonds is 6. The Morgan fingerprint density at radius 2 is 1.84 bits per heavy atom. The van der Waals surface area contributed by atoms with Crippen molar-refractivity contribution < 1.29 is 4.79 Å². The number of benzene rings is 1. The molecule has 1 amide bonds. The summed E-state index contributed by atoms with van der Waals surface area (Å²) in [6.45, 7) is 8.35. The summed E-state index contributed by atoms with van der Waals surface area (Å²) in [7, 11) is 0. The van der Waals surface area contributed by atoms with Gasteiger partial charge in [0.25, 0.3) is 5.95 Å². The zero-order chi connectivity index (χ0) is 22.7. The molecule has 1 N–H and O–H groups in total. The van der Waals surface area contributed by atoms with Crippen LogP contribution >= 0.6 is 11.3 Å². The number of hydrogen-bond acceptors (Lipinski definition) is 6. The van der Waals surface area contributed by atoms with Crippen LogP contribution in [0.3, 0.4) is 0 Å². The fraction of sp³-hybridized carbons (Fsp3) is 0.292. The number of anilines is 1. The van der Waals surface area contributed by atoms with Crippen molar-refractivity contribution in [2.24, 2.45) is 0 Å². The Kier molecular flexibility index (Phi) is 6.14. The van der Waals surface area contributed by atoms with Gasteiger partial charge in [0.05, 0.1) is 17.8 Å². The van der Waals surface area contributed by atoms with Gasteiger partial charge in [-0.05, 0) is 18.1 Å². The zero-order valence-electron chi connectivity index (χ0n) is 18.7. The third kappa shape index (κ3) is 4.91. The van der Waals surface area contributed by atoms with Crippen LogP contribution in [-0.2, 0) is 23.1 Å². The SMILES string of the molecule is CCc1ccc(-c2nc(CC(=O)Nc3cc(C(C)(C)C)nn3-c3ncccn3)cs2)cc1. The van der Waals surface area contributed by atoms with Gasteiger partial charge < -0.3 is 5.32 Å². The predicted molar refractivity (Wildman–Crippen MR) is 127 cm³/mol. The van der Waals surface area contributed by atoms with Gasteiger partial charge in [0.15, 0.2) is 0 Å². The second kappa shape index (κ2) is 9.00. The maximum absolute atomic E-state index is 12.8. The van der Waals surface area contributed by atoms with Crippen molar-refractivity contribution in [3.05, 3.63) is 71.1 Å². The van der Waals surface area contributed by atoms with E-state index in [1.54, 1.807) is 34.5 Å². The first kappa shape index (κ1) is 21.8. The topological polar surface area (TPSA) is 85.6 Å². The first-order valence-electron chi connectivity index (χ1n) is 10.5. The van der Waals surface area contributed by atoms with E-state index in [0.29, 0.717) is 11.8 Å². The van der Waals surface area contributed by atoms with E-state index < -0.39 is 0 Å². The van der Waals surface area contributed by atoms with Crippen LogP contribution in [0, 0.1) is 0 Å². The van der Waals surface area contributed by atoms with Gasteiger partial charge in [-0.25, -0.2) is 15.0 Å². The molecule has 0 atom stereocenters. The van der Waals surface area contributed by atoms with E-state index >= 15 is 0 Å². The molecule has 0 saturated heterocycles. The lowest BCUT2D eigenvalue weighted by Crippen LogP contribution is -2.18. The molecule has 4 aromatic rings. The third-order valence-corrected chi connectivity index (χ3v) is 5.93. The molecule has 0 fully saturated rings. The molecule has 0 unspecified atom stereocenters. The second-order valence-corrected chi connectivity index (χ2v) is 9.40. The first-order chi connectivity index (χ1) is 15.3. The van der Waals surface area contributed by atoms with Gasteiger partial charge in [-0.2, -0.15) is 9.78 Å². The Morgan fingerprint density at radius 1 is 1.12 bits per heavy atom. The van der Waals surface area contributed by atoms with E-state index in [0.717, 1.165) is 28.4 Å². The van der Waals surface area contributed by atoms with Gasteiger partial charge in [-0.1, -0.05) is 52.0 Å². The summed E-state index contributed by atoms with van der Waals surface area (Å²) in [4.78, 5) is 26.0. The number of thiazole rings is 1. The van der Waals surface area contributed by atoms with Crippen LogP contribution in [0.25, 0.3) is 16.5 Å². The van der Waals surface area contributed by atoms with Crippen LogP contribution in [0.1, 0.15) is 44.6 Å². The normalized spacial score (nSPS) is 11.5. The van der Waals surface area contributed by atoms with Crippen LogP contribution < -0.4 is 5.32 Å². The fourth-order valence-electron chi connectivity index (χ4n) is 3.15. The van der Waals surface area contributed by atoms with Gasteiger partial charge in [-0.3, -0.25) is 4.79 Å². The molecule has 0 bridgehead atoms. The molecule has 3 aromatic heterocycles. The molecule has 164 valence electrons. The minimum atomic E-state index is -0.184. The number of aryl methyl sites for hydroxylation is 1. The predicted octanol–water partition coefficient (Wildman–Crippen LogP) is 4.83. The summed E-state index contributed by atoms with van der Waals surface area (Å²) in [5.74, 6) is 0.780. The van der Waals surface area contributed by atoms with Gasteiger partial charge in [0.1, 0.15) is 10.8 Å². The number of amides is 1. The van der Waals surface area contributed by atoms with Crippen molar-refractivity contribution in [2.45, 2.75) is 46.0 Å². The first-order valence-corrected chi connectivity index (χ1v) is 11.4. The molecule has 1 aromatic carbocycles. The van der Waals surface area contributed by atoms with E-state index in [9.17, 15) is 4.79 Å². The molecule has 0 aliphatic rings. The van der Waals surface area contributed by atoms with Crippen molar-refractivity contribution >= 4 is 23.1 Å². The average molecular weight is 447 g/mol. The molecular weight excluding hydrogens is 420 g/mol. The van der Waals surface area contributed by atoms with E-state index in [1.165, 1.54) is 5.56 Å². The maximum Gasteiger partial charge on any atom is 0.252 e. The molecule has 0 aliphatic heterocycles. The van der Waals surface area contributed by atoms with Crippen molar-refractivity contribution in [3.63, 3.8) is 0 Å². The van der Waals surface area contributed by atoms with Crippen molar-refractivity contribution in [3.8, 4) is 16.5 Å². The van der Waals surface area contributed by atoms with Gasteiger partial charge in [0, 0.05) is 34.8 Å². The lowest BCUT2D eigenvalue weighted by atomic mass is 9.92. The van der Waals surface area contributed by atoms with Gasteiger partial charge in [-0.15, -0.1) is 11.3 Å². The molecule has 0 aliphatic carbocycles. The maximum atomic E-state index is 12.8. The van der Waals surface area contributed by atoms with Crippen LogP contribution in [0.15, 0.2) is 54.2 Å². The summed E-state index contributed by atoms with van der Waals surface area (Å²) < 4.78 is 1.57. The molecule has 32 heavy (non-hydrogen) atoms. The minimum Gasteiger partial charge on any atom is -0.310 e. The van der Waals surface area contributed by atoms with Gasteiger partial charge in [0.2, 0.25) is 5.91 Å². The zero-order valence-corrected chi connectivity index (χ0v) is 19.5. The minimum absolute atomic E-state index is 0.166. The van der Waals surface area contributed by atoms with E-state index in [1.807, 2.05) is 11.4 Å². The van der Waals surface area contributed by atoms with Crippen molar-refractivity contribution in [2.75, 3.05) is 5.32 Å². The molecule has 0 saturated carbocycles. The number of carbonyl (C=O) groups is 1. The van der Waals surface area contributed by atoms with Crippen LogP contribution in [0.2, 0.25) is 0 Å². The van der Waals surface area contributed by atoms with E-state index in [4.69, 9.17) is 0 Å². The van der Waals surface area contributed by atoms with Crippen molar-refractivity contribution in [1.82, 2.24) is 24.7 Å². The number of aromatic nitrogens is 5. The molecule has 7 nitrogen and oxygen atoms in total. The Balaban J connectivity index is 1.52. The average Bonchev–Trinajstić information content (AvgIpc) is 3.41. The third-order valence-electron chi connectivity index (χ3n) is 4.99. The highest BCUT2D eigenvalue weighted by atomic mass is 32.1. The number of carbonyl (C=O) groups excluding carboxylic acids is 1. The van der Waals surface area contributed by atoms with E-state index in [2.05, 4.69) is 77.3 Å². The Hall–Kier alpha value is -3.39. The molecule has 0 spiro atoms. The van der Waals surface area contributed by atoms with Crippen molar-refractivity contribution in [1.29, 1.82) is 0 Å². The van der Waals surface area contributed by atoms with E-state index in [-0.39, 0.29) is 17.7 Å². The molecular formula is C24H26N6OS. The van der Waals surface area contributed by atoms with Crippen LogP contribution in [0.5, 0.6) is 0 Å². The largest absolute Gasteiger partial charge is 0.310 e. The monoisotopic (exact) mass is 446 g/mol.